The van der Waals surface area contributed by atoms with E-state index in [9.17, 15) is 9.18 Å². The van der Waals surface area contributed by atoms with Gasteiger partial charge < -0.3 is 10.2 Å². The van der Waals surface area contributed by atoms with Gasteiger partial charge >= 0.3 is 0 Å². The third kappa shape index (κ3) is 3.42. The summed E-state index contributed by atoms with van der Waals surface area (Å²) in [7, 11) is 1.80. The number of benzene rings is 1. The van der Waals surface area contributed by atoms with Gasteiger partial charge in [-0.1, -0.05) is 18.2 Å². The van der Waals surface area contributed by atoms with E-state index in [2.05, 4.69) is 14.6 Å². The van der Waals surface area contributed by atoms with Crippen molar-refractivity contribution in [2.24, 2.45) is 0 Å². The maximum Gasteiger partial charge on any atom is 0.258 e. The number of hydrogen-bond acceptors (Lipinski definition) is 5. The van der Waals surface area contributed by atoms with Crippen molar-refractivity contribution in [1.29, 1.82) is 0 Å². The lowest BCUT2D eigenvalue weighted by Gasteiger charge is -2.34. The lowest BCUT2D eigenvalue weighted by molar-refractivity contribution is 0.0627. The standard InChI is InChI=1S/C17H21FN4OS/c1-12-15(16(19-2)24-20-12)17(23)22-9-7-21(8-10-22)11-13-5-3-4-6-14(13)18/h3-6,19H,7-11H2,1-2H3. The zero-order valence-electron chi connectivity index (χ0n) is 13.9. The van der Waals surface area contributed by atoms with Gasteiger partial charge in [0, 0.05) is 45.3 Å². The Morgan fingerprint density at radius 1 is 1.29 bits per heavy atom. The SMILES string of the molecule is CNc1snc(C)c1C(=O)N1CCN(Cc2ccccc2F)CC1. The highest BCUT2D eigenvalue weighted by molar-refractivity contribution is 7.10. The van der Waals surface area contributed by atoms with Crippen LogP contribution >= 0.6 is 11.5 Å². The average molecular weight is 348 g/mol. The number of piperazine rings is 1. The Bertz CT molecular complexity index is 725. The Labute approximate surface area is 145 Å². The van der Waals surface area contributed by atoms with Crippen LogP contribution in [0.5, 0.6) is 0 Å². The largest absolute Gasteiger partial charge is 0.378 e. The summed E-state index contributed by atoms with van der Waals surface area (Å²) >= 11 is 1.31. The molecule has 2 aromatic rings. The molecule has 1 aliphatic rings. The minimum Gasteiger partial charge on any atom is -0.378 e. The summed E-state index contributed by atoms with van der Waals surface area (Å²) in [4.78, 5) is 16.8. The number of anilines is 1. The molecular weight excluding hydrogens is 327 g/mol. The van der Waals surface area contributed by atoms with Gasteiger partial charge in [0.15, 0.2) is 0 Å². The predicted octanol–water partition coefficient (Wildman–Crippen LogP) is 2.59. The molecule has 1 aliphatic heterocycles. The summed E-state index contributed by atoms with van der Waals surface area (Å²) in [5, 5.41) is 3.85. The molecule has 5 nitrogen and oxygen atoms in total. The molecule has 0 atom stereocenters. The van der Waals surface area contributed by atoms with Gasteiger partial charge in [0.25, 0.3) is 5.91 Å². The average Bonchev–Trinajstić information content (AvgIpc) is 2.98. The summed E-state index contributed by atoms with van der Waals surface area (Å²) < 4.78 is 18.0. The molecule has 0 bridgehead atoms. The fourth-order valence-corrected chi connectivity index (χ4v) is 3.66. The lowest BCUT2D eigenvalue weighted by Crippen LogP contribution is -2.48. The molecule has 1 N–H and O–H groups in total. The van der Waals surface area contributed by atoms with Gasteiger partial charge in [-0.05, 0) is 24.5 Å². The van der Waals surface area contributed by atoms with Crippen LogP contribution in [-0.4, -0.2) is 53.3 Å². The van der Waals surface area contributed by atoms with Crippen LogP contribution in [0.3, 0.4) is 0 Å². The van der Waals surface area contributed by atoms with Crippen LogP contribution in [0.4, 0.5) is 9.39 Å². The van der Waals surface area contributed by atoms with E-state index in [1.165, 1.54) is 17.6 Å². The molecule has 7 heteroatoms. The molecule has 0 aliphatic carbocycles. The van der Waals surface area contributed by atoms with Gasteiger partial charge in [0.05, 0.1) is 11.3 Å². The molecule has 0 spiro atoms. The number of nitrogens with one attached hydrogen (secondary N) is 1. The lowest BCUT2D eigenvalue weighted by atomic mass is 10.1. The maximum atomic E-state index is 13.8. The third-order valence-corrected chi connectivity index (χ3v) is 5.27. The van der Waals surface area contributed by atoms with E-state index >= 15 is 0 Å². The summed E-state index contributed by atoms with van der Waals surface area (Å²) in [5.74, 6) is -0.147. The second-order valence-corrected chi connectivity index (χ2v) is 6.66. The van der Waals surface area contributed by atoms with Gasteiger partial charge in [0.1, 0.15) is 10.8 Å². The van der Waals surface area contributed by atoms with Gasteiger partial charge in [0.2, 0.25) is 0 Å². The van der Waals surface area contributed by atoms with Crippen molar-refractivity contribution in [1.82, 2.24) is 14.2 Å². The Morgan fingerprint density at radius 3 is 2.67 bits per heavy atom. The van der Waals surface area contributed by atoms with Crippen molar-refractivity contribution in [2.45, 2.75) is 13.5 Å². The number of aryl methyl sites for hydroxylation is 1. The van der Waals surface area contributed by atoms with Crippen molar-refractivity contribution in [3.8, 4) is 0 Å². The molecule has 1 aromatic carbocycles. The number of amides is 1. The number of carbonyl (C=O) groups is 1. The first-order valence-corrected chi connectivity index (χ1v) is 8.76. The summed E-state index contributed by atoms with van der Waals surface area (Å²) in [5.41, 5.74) is 2.14. The Balaban J connectivity index is 1.62. The summed E-state index contributed by atoms with van der Waals surface area (Å²) in [6.07, 6.45) is 0. The maximum absolute atomic E-state index is 13.8. The molecule has 128 valence electrons. The van der Waals surface area contributed by atoms with Gasteiger partial charge in [-0.3, -0.25) is 9.69 Å². The first-order valence-electron chi connectivity index (χ1n) is 7.99. The Morgan fingerprint density at radius 2 is 2.00 bits per heavy atom. The van der Waals surface area contributed by atoms with Crippen molar-refractivity contribution in [2.75, 3.05) is 38.5 Å². The highest BCUT2D eigenvalue weighted by atomic mass is 32.1. The molecule has 24 heavy (non-hydrogen) atoms. The van der Waals surface area contributed by atoms with Crippen LogP contribution in [0.2, 0.25) is 0 Å². The molecular formula is C17H21FN4OS. The number of hydrogen-bond donors (Lipinski definition) is 1. The number of carbonyl (C=O) groups excluding carboxylic acids is 1. The van der Waals surface area contributed by atoms with E-state index in [1.807, 2.05) is 24.0 Å². The molecule has 0 radical (unpaired) electrons. The van der Waals surface area contributed by atoms with Crippen LogP contribution in [0.15, 0.2) is 24.3 Å². The van der Waals surface area contributed by atoms with Crippen LogP contribution < -0.4 is 5.32 Å². The minimum absolute atomic E-state index is 0.0242. The van der Waals surface area contributed by atoms with Gasteiger partial charge in [-0.2, -0.15) is 4.37 Å². The first-order chi connectivity index (χ1) is 11.6. The van der Waals surface area contributed by atoms with Crippen LogP contribution in [0, 0.1) is 12.7 Å². The number of nitrogens with zero attached hydrogens (tertiary/aromatic N) is 3. The Kier molecular flexibility index (Phi) is 5.11. The predicted molar refractivity (Wildman–Crippen MR) is 94.0 cm³/mol. The minimum atomic E-state index is -0.172. The van der Waals surface area contributed by atoms with E-state index in [0.29, 0.717) is 30.8 Å². The zero-order chi connectivity index (χ0) is 17.1. The van der Waals surface area contributed by atoms with Crippen molar-refractivity contribution < 1.29 is 9.18 Å². The fraction of sp³-hybridized carbons (Fsp3) is 0.412. The molecule has 0 unspecified atom stereocenters. The normalized spacial score (nSPS) is 15.5. The van der Waals surface area contributed by atoms with E-state index in [1.54, 1.807) is 13.1 Å². The summed E-state index contributed by atoms with van der Waals surface area (Å²) in [6, 6.07) is 6.85. The van der Waals surface area contributed by atoms with Crippen molar-refractivity contribution >= 4 is 22.4 Å². The van der Waals surface area contributed by atoms with Crippen molar-refractivity contribution in [3.63, 3.8) is 0 Å². The van der Waals surface area contributed by atoms with Gasteiger partial charge in [-0.15, -0.1) is 0 Å². The van der Waals surface area contributed by atoms with E-state index in [-0.39, 0.29) is 11.7 Å². The Hall–Kier alpha value is -1.99. The highest BCUT2D eigenvalue weighted by Crippen LogP contribution is 2.26. The number of aromatic nitrogens is 1. The van der Waals surface area contributed by atoms with E-state index < -0.39 is 0 Å². The molecule has 2 heterocycles. The highest BCUT2D eigenvalue weighted by Gasteiger charge is 2.26. The second kappa shape index (κ2) is 7.27. The zero-order valence-corrected chi connectivity index (χ0v) is 14.7. The third-order valence-electron chi connectivity index (χ3n) is 4.31. The molecule has 1 fully saturated rings. The summed E-state index contributed by atoms with van der Waals surface area (Å²) in [6.45, 7) is 5.21. The van der Waals surface area contributed by atoms with Gasteiger partial charge in [-0.25, -0.2) is 4.39 Å². The van der Waals surface area contributed by atoms with E-state index in [0.717, 1.165) is 23.8 Å². The smallest absolute Gasteiger partial charge is 0.258 e. The monoisotopic (exact) mass is 348 g/mol. The number of rotatable bonds is 4. The topological polar surface area (TPSA) is 48.5 Å². The van der Waals surface area contributed by atoms with E-state index in [4.69, 9.17) is 0 Å². The van der Waals surface area contributed by atoms with Crippen molar-refractivity contribution in [3.05, 3.63) is 46.9 Å². The molecule has 0 saturated carbocycles. The van der Waals surface area contributed by atoms with Crippen LogP contribution in [0.25, 0.3) is 0 Å². The van der Waals surface area contributed by atoms with Crippen LogP contribution in [-0.2, 0) is 6.54 Å². The molecule has 3 rings (SSSR count). The quantitative estimate of drug-likeness (QED) is 0.923. The molecule has 1 amide bonds. The fourth-order valence-electron chi connectivity index (χ4n) is 2.93. The molecule has 1 aromatic heterocycles. The second-order valence-electron chi connectivity index (χ2n) is 5.88. The molecule has 1 saturated heterocycles. The van der Waals surface area contributed by atoms with Crippen LogP contribution in [0.1, 0.15) is 21.6 Å². The number of halogens is 1. The first kappa shape index (κ1) is 16.9.